The number of ketones is 2. The van der Waals surface area contributed by atoms with E-state index in [-0.39, 0.29) is 22.4 Å². The number of carbonyl (C=O) groups excluding carboxylic acids is 3. The Balaban J connectivity index is 1.56. The first-order valence-electron chi connectivity index (χ1n) is 13.9. The molecule has 2 aromatic rings. The van der Waals surface area contributed by atoms with E-state index >= 15 is 0 Å². The van der Waals surface area contributed by atoms with Gasteiger partial charge in [-0.3, -0.25) is 19.3 Å². The second kappa shape index (κ2) is 10.4. The average Bonchev–Trinajstić information content (AvgIpc) is 2.88. The Labute approximate surface area is 244 Å². The molecule has 2 aromatic carbocycles. The van der Waals surface area contributed by atoms with Gasteiger partial charge in [-0.15, -0.1) is 0 Å². The zero-order valence-electron chi connectivity index (χ0n) is 24.3. The number of carbonyl (C=O) groups is 3. The van der Waals surface area contributed by atoms with Gasteiger partial charge in [-0.1, -0.05) is 18.2 Å². The standard InChI is InChI=1S/C32H36N4O6/c1-32(2,3)35-14-34-17-8-6-15(7-9-17)18-10-11-21(37)23-19(18)12-16-13-20-24(28(39)22(16)27(23)38)29(40)25(31(33)42)30(41)26(20)36(4)5/h6-11,14,16,20,24,26,37,39,41H,12-13H2,1-5H3,(H2,33,42)(H,34,35)/t16?,20?,24?,26-/m1/s1. The summed E-state index contributed by atoms with van der Waals surface area (Å²) in [5, 5.41) is 36.4. The molecule has 0 spiro atoms. The van der Waals surface area contributed by atoms with Crippen molar-refractivity contribution in [1.82, 2.24) is 10.2 Å². The van der Waals surface area contributed by atoms with E-state index in [0.29, 0.717) is 18.4 Å². The molecule has 4 atom stereocenters. The summed E-state index contributed by atoms with van der Waals surface area (Å²) >= 11 is 0. The highest BCUT2D eigenvalue weighted by Crippen LogP contribution is 2.51. The summed E-state index contributed by atoms with van der Waals surface area (Å²) in [5.74, 6) is -5.79. The topological polar surface area (TPSA) is 166 Å². The number of primary amides is 1. The number of aliphatic hydroxyl groups is 2. The number of allylic oxidation sites excluding steroid dienone is 2. The summed E-state index contributed by atoms with van der Waals surface area (Å²) in [6, 6.07) is 9.98. The van der Waals surface area contributed by atoms with E-state index in [1.807, 2.05) is 45.0 Å². The lowest BCUT2D eigenvalue weighted by Gasteiger charge is -2.46. The number of nitrogens with two attached hydrogens (primary N) is 1. The molecular formula is C32H36N4O6. The second-order valence-corrected chi connectivity index (χ2v) is 12.5. The van der Waals surface area contributed by atoms with Crippen LogP contribution in [0, 0.1) is 17.8 Å². The molecule has 0 radical (unpaired) electrons. The molecule has 3 aliphatic rings. The number of nitrogens with one attached hydrogen (secondary N) is 1. The number of amides is 1. The van der Waals surface area contributed by atoms with Crippen molar-refractivity contribution in [2.45, 2.75) is 45.2 Å². The van der Waals surface area contributed by atoms with Gasteiger partial charge in [-0.05, 0) is 94.4 Å². The van der Waals surface area contributed by atoms with Crippen LogP contribution in [0.15, 0.2) is 64.1 Å². The van der Waals surface area contributed by atoms with Gasteiger partial charge in [0.1, 0.15) is 22.8 Å². The highest BCUT2D eigenvalue weighted by molar-refractivity contribution is 6.22. The SMILES string of the molecule is CN(C)[C@H]1C(O)=C(C(N)=O)C(=O)C2C(O)=C3C(=O)c4c(O)ccc(-c5ccc(/N=C\NC(C)(C)C)cc5)c4CC3CC21. The monoisotopic (exact) mass is 572 g/mol. The normalized spacial score (nSPS) is 24.1. The van der Waals surface area contributed by atoms with E-state index in [1.54, 1.807) is 31.4 Å². The van der Waals surface area contributed by atoms with Gasteiger partial charge in [0.05, 0.1) is 29.5 Å². The van der Waals surface area contributed by atoms with Gasteiger partial charge in [-0.2, -0.15) is 0 Å². The van der Waals surface area contributed by atoms with Crippen LogP contribution in [0.4, 0.5) is 5.69 Å². The van der Waals surface area contributed by atoms with Crippen molar-refractivity contribution in [3.63, 3.8) is 0 Å². The van der Waals surface area contributed by atoms with Crippen LogP contribution in [0.3, 0.4) is 0 Å². The van der Waals surface area contributed by atoms with Gasteiger partial charge in [0, 0.05) is 11.1 Å². The Morgan fingerprint density at radius 3 is 2.31 bits per heavy atom. The fourth-order valence-electron chi connectivity index (χ4n) is 6.57. The molecule has 1 amide bonds. The van der Waals surface area contributed by atoms with E-state index in [0.717, 1.165) is 16.8 Å². The summed E-state index contributed by atoms with van der Waals surface area (Å²) in [7, 11) is 3.40. The summed E-state index contributed by atoms with van der Waals surface area (Å²) in [6.07, 6.45) is 2.27. The fourth-order valence-corrected chi connectivity index (χ4v) is 6.57. The van der Waals surface area contributed by atoms with Gasteiger partial charge < -0.3 is 26.4 Å². The Bertz CT molecular complexity index is 1580. The lowest BCUT2D eigenvalue weighted by Crippen LogP contribution is -2.53. The molecule has 220 valence electrons. The predicted molar refractivity (Wildman–Crippen MR) is 159 cm³/mol. The molecule has 0 aromatic heterocycles. The second-order valence-electron chi connectivity index (χ2n) is 12.5. The molecule has 0 aliphatic heterocycles. The fraction of sp³-hybridized carbons (Fsp3) is 0.375. The van der Waals surface area contributed by atoms with Crippen molar-refractivity contribution in [3.8, 4) is 16.9 Å². The molecule has 42 heavy (non-hydrogen) atoms. The van der Waals surface area contributed by atoms with Crippen LogP contribution in [-0.2, 0) is 16.0 Å². The van der Waals surface area contributed by atoms with Crippen molar-refractivity contribution in [1.29, 1.82) is 0 Å². The highest BCUT2D eigenvalue weighted by Gasteiger charge is 2.54. The Morgan fingerprint density at radius 2 is 1.71 bits per heavy atom. The van der Waals surface area contributed by atoms with Crippen LogP contribution in [0.25, 0.3) is 11.1 Å². The van der Waals surface area contributed by atoms with Gasteiger partial charge >= 0.3 is 0 Å². The minimum atomic E-state index is -1.21. The van der Waals surface area contributed by atoms with Crippen molar-refractivity contribution in [2.75, 3.05) is 14.1 Å². The largest absolute Gasteiger partial charge is 0.511 e. The maximum Gasteiger partial charge on any atom is 0.255 e. The molecule has 0 saturated heterocycles. The molecular weight excluding hydrogens is 536 g/mol. The van der Waals surface area contributed by atoms with Gasteiger partial charge in [0.2, 0.25) is 0 Å². The van der Waals surface area contributed by atoms with E-state index in [9.17, 15) is 29.7 Å². The molecule has 6 N–H and O–H groups in total. The Morgan fingerprint density at radius 1 is 1.05 bits per heavy atom. The number of Topliss-reactive ketones (excluding diaryl/α,β-unsaturated/α-hetero) is 2. The highest BCUT2D eigenvalue weighted by atomic mass is 16.3. The molecule has 3 aliphatic carbocycles. The quantitative estimate of drug-likeness (QED) is 0.205. The van der Waals surface area contributed by atoms with Crippen LogP contribution < -0.4 is 11.1 Å². The first-order valence-corrected chi connectivity index (χ1v) is 13.9. The number of aliphatic hydroxyl groups excluding tert-OH is 2. The first kappa shape index (κ1) is 29.1. The molecule has 0 bridgehead atoms. The van der Waals surface area contributed by atoms with Crippen molar-refractivity contribution < 1.29 is 29.7 Å². The molecule has 0 saturated carbocycles. The van der Waals surface area contributed by atoms with E-state index in [1.165, 1.54) is 6.07 Å². The number of fused-ring (bicyclic) bond motifs is 3. The zero-order valence-corrected chi connectivity index (χ0v) is 24.3. The number of likely N-dealkylation sites (N-methyl/N-ethyl adjacent to an activating group) is 1. The molecule has 10 nitrogen and oxygen atoms in total. The van der Waals surface area contributed by atoms with Crippen molar-refractivity contribution >= 4 is 29.5 Å². The lowest BCUT2D eigenvalue weighted by atomic mass is 9.60. The predicted octanol–water partition coefficient (Wildman–Crippen LogP) is 3.72. The van der Waals surface area contributed by atoms with Gasteiger partial charge in [-0.25, -0.2) is 4.99 Å². The minimum absolute atomic E-state index is 0.0586. The summed E-state index contributed by atoms with van der Waals surface area (Å²) < 4.78 is 0. The number of nitrogens with zero attached hydrogens (tertiary/aromatic N) is 2. The molecule has 5 rings (SSSR count). The number of hydrogen-bond acceptors (Lipinski definition) is 8. The van der Waals surface area contributed by atoms with Crippen molar-refractivity contribution in [3.05, 3.63) is 70.2 Å². The van der Waals surface area contributed by atoms with Crippen LogP contribution in [0.5, 0.6) is 5.75 Å². The van der Waals surface area contributed by atoms with Crippen LogP contribution in [-0.4, -0.2) is 69.7 Å². The van der Waals surface area contributed by atoms with E-state index in [2.05, 4.69) is 10.3 Å². The number of benzene rings is 2. The molecule has 3 unspecified atom stereocenters. The third kappa shape index (κ3) is 4.85. The van der Waals surface area contributed by atoms with E-state index < -0.39 is 58.4 Å². The van der Waals surface area contributed by atoms with Gasteiger partial charge in [0.25, 0.3) is 5.91 Å². The average molecular weight is 573 g/mol. The maximum atomic E-state index is 13.9. The third-order valence-corrected chi connectivity index (χ3v) is 8.34. The number of aromatic hydroxyl groups is 1. The number of rotatable bonds is 5. The number of hydrogen-bond donors (Lipinski definition) is 5. The summed E-state index contributed by atoms with van der Waals surface area (Å²) in [5.41, 5.74) is 7.90. The first-order chi connectivity index (χ1) is 19.7. The van der Waals surface area contributed by atoms with E-state index in [4.69, 9.17) is 5.73 Å². The van der Waals surface area contributed by atoms with Crippen molar-refractivity contribution in [2.24, 2.45) is 28.5 Å². The Hall–Kier alpha value is -4.44. The number of phenolic OH excluding ortho intramolecular Hbond substituents is 1. The smallest absolute Gasteiger partial charge is 0.255 e. The molecule has 10 heteroatoms. The number of phenols is 1. The molecule has 0 fully saturated rings. The summed E-state index contributed by atoms with van der Waals surface area (Å²) in [4.78, 5) is 45.5. The third-order valence-electron chi connectivity index (χ3n) is 8.34. The number of aliphatic imine (C=N–C) groups is 1. The van der Waals surface area contributed by atoms with Gasteiger partial charge in [0.15, 0.2) is 11.6 Å². The summed E-state index contributed by atoms with van der Waals surface area (Å²) in [6.45, 7) is 6.11. The minimum Gasteiger partial charge on any atom is -0.511 e. The lowest BCUT2D eigenvalue weighted by molar-refractivity contribution is -0.127. The van der Waals surface area contributed by atoms with Crippen LogP contribution >= 0.6 is 0 Å². The van der Waals surface area contributed by atoms with Crippen LogP contribution in [0.1, 0.15) is 43.1 Å². The maximum absolute atomic E-state index is 13.9. The van der Waals surface area contributed by atoms with Crippen LogP contribution in [0.2, 0.25) is 0 Å². The molecule has 0 heterocycles. The zero-order chi connectivity index (χ0) is 30.7. The Kier molecular flexibility index (Phi) is 7.22.